The van der Waals surface area contributed by atoms with Gasteiger partial charge in [-0.1, -0.05) is 41.3 Å². The van der Waals surface area contributed by atoms with Gasteiger partial charge in [0, 0.05) is 20.6 Å². The van der Waals surface area contributed by atoms with E-state index >= 15 is 0 Å². The summed E-state index contributed by atoms with van der Waals surface area (Å²) in [5.74, 6) is -0.0255. The summed E-state index contributed by atoms with van der Waals surface area (Å²) in [6, 6.07) is 6.22. The highest BCUT2D eigenvalue weighted by molar-refractivity contribution is 9.10. The number of carbonyl (C=O) groups excluding carboxylic acids is 1. The molecule has 0 aliphatic heterocycles. The van der Waals surface area contributed by atoms with Crippen molar-refractivity contribution in [3.8, 4) is 0 Å². The van der Waals surface area contributed by atoms with Gasteiger partial charge in [-0.25, -0.2) is 0 Å². The van der Waals surface area contributed by atoms with E-state index in [-0.39, 0.29) is 5.91 Å². The van der Waals surface area contributed by atoms with Gasteiger partial charge >= 0.3 is 0 Å². The third-order valence-corrected chi connectivity index (χ3v) is 5.68. The Labute approximate surface area is 130 Å². The number of anilines is 1. The molecule has 20 heavy (non-hydrogen) atoms. The molecule has 2 aromatic rings. The molecule has 1 aromatic carbocycles. The van der Waals surface area contributed by atoms with Crippen LogP contribution in [0.4, 0.5) is 5.69 Å². The summed E-state index contributed by atoms with van der Waals surface area (Å²) in [5, 5.41) is 4.08. The van der Waals surface area contributed by atoms with Gasteiger partial charge in [-0.2, -0.15) is 0 Å². The third kappa shape index (κ3) is 2.56. The standard InChI is InChI=1S/C15H17BrN2OS/c16-10-7-4-8-11-12(10)13(17)14(20-11)15(19)18-9-5-2-1-3-6-9/h4,7-9H,1-3,5-6,17H2,(H,18,19). The van der Waals surface area contributed by atoms with Crippen molar-refractivity contribution in [1.82, 2.24) is 5.32 Å². The molecule has 1 aromatic heterocycles. The molecule has 1 aliphatic rings. The fourth-order valence-electron chi connectivity index (χ4n) is 2.80. The highest BCUT2D eigenvalue weighted by Gasteiger charge is 2.21. The number of amides is 1. The third-order valence-electron chi connectivity index (χ3n) is 3.85. The molecular weight excluding hydrogens is 336 g/mol. The Hall–Kier alpha value is -1.07. The predicted octanol–water partition coefficient (Wildman–Crippen LogP) is 4.31. The lowest BCUT2D eigenvalue weighted by atomic mass is 9.95. The van der Waals surface area contributed by atoms with Crippen LogP contribution in [0, 0.1) is 0 Å². The van der Waals surface area contributed by atoms with Crippen LogP contribution in [-0.4, -0.2) is 11.9 Å². The lowest BCUT2D eigenvalue weighted by Gasteiger charge is -2.22. The van der Waals surface area contributed by atoms with E-state index < -0.39 is 0 Å². The molecule has 1 heterocycles. The maximum atomic E-state index is 12.4. The Morgan fingerprint density at radius 1 is 1.30 bits per heavy atom. The number of hydrogen-bond acceptors (Lipinski definition) is 3. The second-order valence-corrected chi connectivity index (χ2v) is 7.17. The summed E-state index contributed by atoms with van der Waals surface area (Å²) in [7, 11) is 0. The molecule has 3 nitrogen and oxygen atoms in total. The lowest BCUT2D eigenvalue weighted by Crippen LogP contribution is -2.36. The maximum absolute atomic E-state index is 12.4. The molecule has 5 heteroatoms. The summed E-state index contributed by atoms with van der Waals surface area (Å²) in [5.41, 5.74) is 6.75. The molecule has 1 aliphatic carbocycles. The van der Waals surface area contributed by atoms with Crippen LogP contribution in [0.2, 0.25) is 0 Å². The molecular formula is C15H17BrN2OS. The quantitative estimate of drug-likeness (QED) is 0.845. The topological polar surface area (TPSA) is 55.1 Å². The molecule has 0 bridgehead atoms. The number of carbonyl (C=O) groups is 1. The van der Waals surface area contributed by atoms with E-state index in [0.717, 1.165) is 27.4 Å². The van der Waals surface area contributed by atoms with E-state index in [1.54, 1.807) is 0 Å². The first kappa shape index (κ1) is 13.9. The molecule has 3 rings (SSSR count). The van der Waals surface area contributed by atoms with Crippen molar-refractivity contribution >= 4 is 48.9 Å². The van der Waals surface area contributed by atoms with Gasteiger partial charge in [0.2, 0.25) is 0 Å². The highest BCUT2D eigenvalue weighted by Crippen LogP contribution is 2.38. The number of thiophene rings is 1. The van der Waals surface area contributed by atoms with Crippen molar-refractivity contribution in [2.75, 3.05) is 5.73 Å². The first-order valence-corrected chi connectivity index (χ1v) is 8.55. The number of nitrogen functional groups attached to an aromatic ring is 1. The van der Waals surface area contributed by atoms with Gasteiger partial charge in [0.25, 0.3) is 5.91 Å². The molecule has 106 valence electrons. The fraction of sp³-hybridized carbons (Fsp3) is 0.400. The van der Waals surface area contributed by atoms with E-state index in [1.807, 2.05) is 18.2 Å². The van der Waals surface area contributed by atoms with Crippen LogP contribution in [0.15, 0.2) is 22.7 Å². The minimum Gasteiger partial charge on any atom is -0.397 e. The smallest absolute Gasteiger partial charge is 0.263 e. The molecule has 0 unspecified atom stereocenters. The number of benzene rings is 1. The second-order valence-electron chi connectivity index (χ2n) is 5.27. The van der Waals surface area contributed by atoms with E-state index in [9.17, 15) is 4.79 Å². The van der Waals surface area contributed by atoms with Crippen molar-refractivity contribution in [2.24, 2.45) is 0 Å². The van der Waals surface area contributed by atoms with Crippen LogP contribution in [0.1, 0.15) is 41.8 Å². The summed E-state index contributed by atoms with van der Waals surface area (Å²) < 4.78 is 1.99. The summed E-state index contributed by atoms with van der Waals surface area (Å²) in [6.07, 6.45) is 5.86. The van der Waals surface area contributed by atoms with Gasteiger partial charge in [-0.3, -0.25) is 4.79 Å². The number of rotatable bonds is 2. The first-order valence-electron chi connectivity index (χ1n) is 6.94. The molecule has 0 saturated heterocycles. The summed E-state index contributed by atoms with van der Waals surface area (Å²) in [4.78, 5) is 13.1. The van der Waals surface area contributed by atoms with Gasteiger partial charge in [-0.15, -0.1) is 11.3 Å². The van der Waals surface area contributed by atoms with Gasteiger partial charge in [-0.05, 0) is 25.0 Å². The molecule has 0 radical (unpaired) electrons. The van der Waals surface area contributed by atoms with Crippen LogP contribution in [0.5, 0.6) is 0 Å². The zero-order chi connectivity index (χ0) is 14.1. The first-order chi connectivity index (χ1) is 9.66. The second kappa shape index (κ2) is 5.74. The fourth-order valence-corrected chi connectivity index (χ4v) is 4.56. The van der Waals surface area contributed by atoms with Crippen LogP contribution in [-0.2, 0) is 0 Å². The van der Waals surface area contributed by atoms with E-state index in [4.69, 9.17) is 5.73 Å². The van der Waals surface area contributed by atoms with Gasteiger partial charge < -0.3 is 11.1 Å². The molecule has 0 spiro atoms. The van der Waals surface area contributed by atoms with Crippen molar-refractivity contribution in [2.45, 2.75) is 38.1 Å². The van der Waals surface area contributed by atoms with E-state index in [0.29, 0.717) is 16.6 Å². The predicted molar refractivity (Wildman–Crippen MR) is 88.3 cm³/mol. The minimum absolute atomic E-state index is 0.0255. The Bertz CT molecular complexity index is 647. The van der Waals surface area contributed by atoms with Gasteiger partial charge in [0.05, 0.1) is 5.69 Å². The van der Waals surface area contributed by atoms with Crippen LogP contribution >= 0.6 is 27.3 Å². The van der Waals surface area contributed by atoms with E-state index in [1.165, 1.54) is 30.6 Å². The number of nitrogens with two attached hydrogens (primary N) is 1. The Morgan fingerprint density at radius 3 is 2.75 bits per heavy atom. The monoisotopic (exact) mass is 352 g/mol. The number of hydrogen-bond donors (Lipinski definition) is 2. The molecule has 1 fully saturated rings. The maximum Gasteiger partial charge on any atom is 0.263 e. The van der Waals surface area contributed by atoms with E-state index in [2.05, 4.69) is 21.2 Å². The summed E-state index contributed by atoms with van der Waals surface area (Å²) >= 11 is 4.97. The SMILES string of the molecule is Nc1c(C(=O)NC2CCCCC2)sc2cccc(Br)c12. The average molecular weight is 353 g/mol. The normalized spacial score (nSPS) is 16.4. The van der Waals surface area contributed by atoms with Crippen LogP contribution in [0.25, 0.3) is 10.1 Å². The van der Waals surface area contributed by atoms with Crippen molar-refractivity contribution in [1.29, 1.82) is 0 Å². The summed E-state index contributed by atoms with van der Waals surface area (Å²) in [6.45, 7) is 0. The van der Waals surface area contributed by atoms with Crippen molar-refractivity contribution in [3.05, 3.63) is 27.5 Å². The zero-order valence-electron chi connectivity index (χ0n) is 11.1. The van der Waals surface area contributed by atoms with Crippen LogP contribution < -0.4 is 11.1 Å². The lowest BCUT2D eigenvalue weighted by molar-refractivity contribution is 0.0933. The number of nitrogens with one attached hydrogen (secondary N) is 1. The zero-order valence-corrected chi connectivity index (χ0v) is 13.5. The minimum atomic E-state index is -0.0255. The Morgan fingerprint density at radius 2 is 2.05 bits per heavy atom. The van der Waals surface area contributed by atoms with Crippen molar-refractivity contribution in [3.63, 3.8) is 0 Å². The van der Waals surface area contributed by atoms with Crippen molar-refractivity contribution < 1.29 is 4.79 Å². The van der Waals surface area contributed by atoms with Gasteiger partial charge in [0.15, 0.2) is 0 Å². The molecule has 1 saturated carbocycles. The Kier molecular flexibility index (Phi) is 3.98. The van der Waals surface area contributed by atoms with Crippen LogP contribution in [0.3, 0.4) is 0 Å². The highest BCUT2D eigenvalue weighted by atomic mass is 79.9. The average Bonchev–Trinajstić information content (AvgIpc) is 2.79. The molecule has 1 amide bonds. The van der Waals surface area contributed by atoms with Gasteiger partial charge in [0.1, 0.15) is 4.88 Å². The largest absolute Gasteiger partial charge is 0.397 e. The number of halogens is 1. The molecule has 0 atom stereocenters. The number of fused-ring (bicyclic) bond motifs is 1. The molecule has 3 N–H and O–H groups in total. The Balaban J connectivity index is 1.87.